The van der Waals surface area contributed by atoms with Gasteiger partial charge in [-0.15, -0.1) is 0 Å². The first-order valence-electron chi connectivity index (χ1n) is 15.8. The highest BCUT2D eigenvalue weighted by atomic mass is 15.0. The standard InChI is InChI=1S/C40H40N2/c1-5-27-13-17-37-33(21-27)34-22-28(6-2)14-18-38(34)41(37)25-31-9-11-32(12-10-31)26-42-39-19-15-29(7-3)23-35(39)36-24-30(8-4)16-20-40(36)42/h9-24H,5-8,25-26H2,1-4H3. The minimum atomic E-state index is 0.867. The molecular formula is C40H40N2. The third kappa shape index (κ3) is 4.50. The van der Waals surface area contributed by atoms with Gasteiger partial charge < -0.3 is 9.13 Å². The van der Waals surface area contributed by atoms with Crippen molar-refractivity contribution in [3.05, 3.63) is 130 Å². The van der Waals surface area contributed by atoms with Crippen molar-refractivity contribution >= 4 is 43.6 Å². The zero-order valence-electron chi connectivity index (χ0n) is 25.4. The van der Waals surface area contributed by atoms with Gasteiger partial charge in [0.05, 0.1) is 0 Å². The molecule has 0 aliphatic rings. The van der Waals surface area contributed by atoms with E-state index in [1.807, 2.05) is 0 Å². The Morgan fingerprint density at radius 3 is 0.810 bits per heavy atom. The predicted molar refractivity (Wildman–Crippen MR) is 181 cm³/mol. The second-order valence-corrected chi connectivity index (χ2v) is 11.8. The molecule has 0 atom stereocenters. The second kappa shape index (κ2) is 10.8. The number of aromatic nitrogens is 2. The van der Waals surface area contributed by atoms with Crippen LogP contribution in [-0.4, -0.2) is 9.13 Å². The Labute approximate surface area is 249 Å². The largest absolute Gasteiger partial charge is 0.336 e. The second-order valence-electron chi connectivity index (χ2n) is 11.8. The molecule has 42 heavy (non-hydrogen) atoms. The summed E-state index contributed by atoms with van der Waals surface area (Å²) in [4.78, 5) is 0. The molecule has 0 unspecified atom stereocenters. The highest BCUT2D eigenvalue weighted by molar-refractivity contribution is 6.09. The third-order valence-corrected chi connectivity index (χ3v) is 9.32. The summed E-state index contributed by atoms with van der Waals surface area (Å²) in [6.07, 6.45) is 4.23. The maximum absolute atomic E-state index is 2.50. The van der Waals surface area contributed by atoms with Gasteiger partial charge in [-0.05, 0) is 108 Å². The van der Waals surface area contributed by atoms with Crippen LogP contribution in [0.2, 0.25) is 0 Å². The smallest absolute Gasteiger partial charge is 0.0494 e. The molecule has 2 nitrogen and oxygen atoms in total. The van der Waals surface area contributed by atoms with E-state index in [4.69, 9.17) is 0 Å². The quantitative estimate of drug-likeness (QED) is 0.179. The zero-order valence-corrected chi connectivity index (χ0v) is 25.4. The number of nitrogens with zero attached hydrogens (tertiary/aromatic N) is 2. The molecule has 210 valence electrons. The summed E-state index contributed by atoms with van der Waals surface area (Å²) >= 11 is 0. The highest BCUT2D eigenvalue weighted by Crippen LogP contribution is 2.33. The van der Waals surface area contributed by atoms with E-state index in [9.17, 15) is 0 Å². The van der Waals surface area contributed by atoms with Crippen molar-refractivity contribution in [3.63, 3.8) is 0 Å². The Balaban J connectivity index is 1.25. The van der Waals surface area contributed by atoms with Gasteiger partial charge in [0.15, 0.2) is 0 Å². The van der Waals surface area contributed by atoms with Crippen molar-refractivity contribution in [2.45, 2.75) is 66.5 Å². The van der Waals surface area contributed by atoms with Crippen LogP contribution < -0.4 is 0 Å². The summed E-state index contributed by atoms with van der Waals surface area (Å²) in [5, 5.41) is 5.50. The molecule has 0 bridgehead atoms. The van der Waals surface area contributed by atoms with Gasteiger partial charge in [0, 0.05) is 56.7 Å². The fourth-order valence-corrected chi connectivity index (χ4v) is 6.73. The van der Waals surface area contributed by atoms with E-state index in [1.54, 1.807) is 0 Å². The van der Waals surface area contributed by atoms with Crippen LogP contribution in [0.4, 0.5) is 0 Å². The summed E-state index contributed by atoms with van der Waals surface area (Å²) in [6.45, 7) is 10.7. The topological polar surface area (TPSA) is 9.86 Å². The lowest BCUT2D eigenvalue weighted by molar-refractivity contribution is 0.852. The first kappa shape index (κ1) is 26.6. The zero-order chi connectivity index (χ0) is 28.8. The van der Waals surface area contributed by atoms with Crippen molar-refractivity contribution in [2.75, 3.05) is 0 Å². The van der Waals surface area contributed by atoms with Gasteiger partial charge in [-0.25, -0.2) is 0 Å². The molecule has 0 aliphatic heterocycles. The first-order chi connectivity index (χ1) is 20.6. The summed E-state index contributed by atoms with van der Waals surface area (Å²) < 4.78 is 5.00. The number of hydrogen-bond donors (Lipinski definition) is 0. The third-order valence-electron chi connectivity index (χ3n) is 9.32. The minimum Gasteiger partial charge on any atom is -0.336 e. The predicted octanol–water partition coefficient (Wildman–Crippen LogP) is 10.2. The van der Waals surface area contributed by atoms with Gasteiger partial charge in [-0.2, -0.15) is 0 Å². The van der Waals surface area contributed by atoms with Crippen LogP contribution in [0.25, 0.3) is 43.6 Å². The molecule has 2 heterocycles. The van der Waals surface area contributed by atoms with Gasteiger partial charge in [-0.3, -0.25) is 0 Å². The van der Waals surface area contributed by atoms with Crippen molar-refractivity contribution < 1.29 is 0 Å². The molecule has 5 aromatic carbocycles. The van der Waals surface area contributed by atoms with Crippen LogP contribution in [0.3, 0.4) is 0 Å². The van der Waals surface area contributed by atoms with E-state index >= 15 is 0 Å². The summed E-state index contributed by atoms with van der Waals surface area (Å²) in [5.41, 5.74) is 13.5. The summed E-state index contributed by atoms with van der Waals surface area (Å²) in [6, 6.07) is 37.4. The number of fused-ring (bicyclic) bond motifs is 6. The lowest BCUT2D eigenvalue weighted by atomic mass is 10.1. The molecule has 0 radical (unpaired) electrons. The van der Waals surface area contributed by atoms with E-state index in [0.29, 0.717) is 0 Å². The Hall–Kier alpha value is -4.30. The Morgan fingerprint density at radius 2 is 0.571 bits per heavy atom. The molecule has 7 rings (SSSR count). The Bertz CT molecular complexity index is 1790. The lowest BCUT2D eigenvalue weighted by Crippen LogP contribution is -2.02. The van der Waals surface area contributed by atoms with E-state index in [0.717, 1.165) is 38.8 Å². The van der Waals surface area contributed by atoms with Crippen molar-refractivity contribution in [1.82, 2.24) is 9.13 Å². The Kier molecular flexibility index (Phi) is 6.86. The maximum atomic E-state index is 2.50. The molecular weight excluding hydrogens is 508 g/mol. The molecule has 2 heteroatoms. The van der Waals surface area contributed by atoms with E-state index < -0.39 is 0 Å². The fraction of sp³-hybridized carbons (Fsp3) is 0.250. The number of benzene rings is 5. The Morgan fingerprint density at radius 1 is 0.333 bits per heavy atom. The molecule has 0 spiro atoms. The fourth-order valence-electron chi connectivity index (χ4n) is 6.73. The van der Waals surface area contributed by atoms with Crippen LogP contribution in [0.1, 0.15) is 61.1 Å². The SMILES string of the molecule is CCc1ccc2c(c1)c1cc(CC)ccc1n2Cc1ccc(Cn2c3ccc(CC)cc3c3cc(CC)ccc32)cc1. The molecule has 0 saturated heterocycles. The molecule has 0 N–H and O–H groups in total. The van der Waals surface area contributed by atoms with E-state index in [2.05, 4.69) is 134 Å². The van der Waals surface area contributed by atoms with E-state index in [-0.39, 0.29) is 0 Å². The minimum absolute atomic E-state index is 0.867. The van der Waals surface area contributed by atoms with Crippen LogP contribution >= 0.6 is 0 Å². The van der Waals surface area contributed by atoms with Crippen molar-refractivity contribution in [1.29, 1.82) is 0 Å². The summed E-state index contributed by atoms with van der Waals surface area (Å²) in [5.74, 6) is 0. The monoisotopic (exact) mass is 548 g/mol. The molecule has 0 fully saturated rings. The average Bonchev–Trinajstić information content (AvgIpc) is 3.52. The van der Waals surface area contributed by atoms with Crippen LogP contribution in [0, 0.1) is 0 Å². The lowest BCUT2D eigenvalue weighted by Gasteiger charge is -2.11. The van der Waals surface area contributed by atoms with Crippen molar-refractivity contribution in [3.8, 4) is 0 Å². The molecule has 0 amide bonds. The van der Waals surface area contributed by atoms with Gasteiger partial charge in [0.1, 0.15) is 0 Å². The highest BCUT2D eigenvalue weighted by Gasteiger charge is 2.14. The number of hydrogen-bond acceptors (Lipinski definition) is 0. The number of rotatable bonds is 8. The average molecular weight is 549 g/mol. The van der Waals surface area contributed by atoms with Crippen LogP contribution in [0.5, 0.6) is 0 Å². The molecule has 7 aromatic rings. The first-order valence-corrected chi connectivity index (χ1v) is 15.8. The normalized spacial score (nSPS) is 11.9. The van der Waals surface area contributed by atoms with Crippen LogP contribution in [0.15, 0.2) is 97.1 Å². The summed E-state index contributed by atoms with van der Waals surface area (Å²) in [7, 11) is 0. The molecule has 0 aliphatic carbocycles. The van der Waals surface area contributed by atoms with Gasteiger partial charge in [-0.1, -0.05) is 76.2 Å². The van der Waals surface area contributed by atoms with Gasteiger partial charge >= 0.3 is 0 Å². The number of aryl methyl sites for hydroxylation is 4. The van der Waals surface area contributed by atoms with Crippen LogP contribution in [-0.2, 0) is 38.8 Å². The van der Waals surface area contributed by atoms with Crippen molar-refractivity contribution in [2.24, 2.45) is 0 Å². The molecule has 2 aromatic heterocycles. The van der Waals surface area contributed by atoms with Gasteiger partial charge in [0.25, 0.3) is 0 Å². The van der Waals surface area contributed by atoms with E-state index in [1.165, 1.54) is 77.0 Å². The maximum Gasteiger partial charge on any atom is 0.0494 e. The molecule has 0 saturated carbocycles. The van der Waals surface area contributed by atoms with Gasteiger partial charge in [0.2, 0.25) is 0 Å².